The van der Waals surface area contributed by atoms with Gasteiger partial charge in [-0.2, -0.15) is 5.26 Å². The number of nitriles is 1. The first-order chi connectivity index (χ1) is 13.8. The zero-order valence-corrected chi connectivity index (χ0v) is 18.4. The van der Waals surface area contributed by atoms with Crippen molar-refractivity contribution in [3.05, 3.63) is 56.5 Å². The molecule has 150 valence electrons. The minimum Gasteiger partial charge on any atom is -0.490 e. The van der Waals surface area contributed by atoms with Gasteiger partial charge in [-0.25, -0.2) is 4.79 Å². The summed E-state index contributed by atoms with van der Waals surface area (Å²) >= 11 is 6.63. The van der Waals surface area contributed by atoms with Crippen molar-refractivity contribution in [3.63, 3.8) is 0 Å². The van der Waals surface area contributed by atoms with Crippen LogP contribution >= 0.6 is 31.9 Å². The maximum Gasteiger partial charge on any atom is 0.341 e. The number of anilines is 1. The van der Waals surface area contributed by atoms with Gasteiger partial charge in [0.15, 0.2) is 18.1 Å². The average molecular weight is 524 g/mol. The van der Waals surface area contributed by atoms with Gasteiger partial charge in [0.25, 0.3) is 5.91 Å². The van der Waals surface area contributed by atoms with Crippen molar-refractivity contribution in [2.45, 2.75) is 6.92 Å². The number of hydrogen-bond donors (Lipinski definition) is 2. The monoisotopic (exact) mass is 522 g/mol. The maximum absolute atomic E-state index is 12.4. The molecule has 2 aromatic carbocycles. The van der Waals surface area contributed by atoms with E-state index in [0.29, 0.717) is 28.1 Å². The number of carboxylic acid groups (broad SMARTS) is 1. The lowest BCUT2D eigenvalue weighted by atomic mass is 10.1. The lowest BCUT2D eigenvalue weighted by molar-refractivity contribution is -0.139. The molecule has 2 N–H and O–H groups in total. The second-order valence-corrected chi connectivity index (χ2v) is 7.35. The molecular weight excluding hydrogens is 508 g/mol. The molecule has 7 nitrogen and oxygen atoms in total. The second kappa shape index (κ2) is 10.6. The van der Waals surface area contributed by atoms with Gasteiger partial charge in [-0.05, 0) is 64.8 Å². The van der Waals surface area contributed by atoms with Crippen LogP contribution < -0.4 is 14.8 Å². The highest BCUT2D eigenvalue weighted by Gasteiger charge is 2.15. The fourth-order valence-corrected chi connectivity index (χ4v) is 3.26. The number of amides is 1. The number of ether oxygens (including phenoxy) is 2. The van der Waals surface area contributed by atoms with Crippen LogP contribution in [0.3, 0.4) is 0 Å². The first-order valence-corrected chi connectivity index (χ1v) is 9.92. The summed E-state index contributed by atoms with van der Waals surface area (Å²) in [6, 6.07) is 12.0. The molecule has 0 unspecified atom stereocenters. The highest BCUT2D eigenvalue weighted by molar-refractivity contribution is 9.10. The fraction of sp³-hybridized carbons (Fsp3) is 0.150. The van der Waals surface area contributed by atoms with Crippen LogP contribution in [0, 0.1) is 11.3 Å². The predicted octanol–water partition coefficient (Wildman–Crippen LogP) is 4.62. The molecule has 0 fully saturated rings. The van der Waals surface area contributed by atoms with Crippen molar-refractivity contribution in [2.75, 3.05) is 18.5 Å². The Morgan fingerprint density at radius 2 is 2.00 bits per heavy atom. The molecule has 0 bridgehead atoms. The Hall–Kier alpha value is -2.83. The standard InChI is InChI=1S/C20H16Br2N2O5/c1-2-28-17-8-12(7-16(22)19(17)29-11-18(25)26)6-13(10-23)20(27)24-15-5-3-4-14(21)9-15/h3-9H,2,11H2,1H3,(H,24,27)(H,25,26)/b13-6-. The number of carbonyl (C=O) groups is 2. The Morgan fingerprint density at radius 3 is 2.62 bits per heavy atom. The Labute approximate surface area is 184 Å². The maximum atomic E-state index is 12.4. The summed E-state index contributed by atoms with van der Waals surface area (Å²) in [6.45, 7) is 1.55. The van der Waals surface area contributed by atoms with Gasteiger partial charge < -0.3 is 19.9 Å². The molecule has 0 atom stereocenters. The number of aliphatic carboxylic acids is 1. The molecule has 29 heavy (non-hydrogen) atoms. The van der Waals surface area contributed by atoms with E-state index in [2.05, 4.69) is 37.2 Å². The SMILES string of the molecule is CCOc1cc(/C=C(/C#N)C(=O)Nc2cccc(Br)c2)cc(Br)c1OCC(=O)O. The largest absolute Gasteiger partial charge is 0.490 e. The van der Waals surface area contributed by atoms with Crippen molar-refractivity contribution in [3.8, 4) is 17.6 Å². The number of nitrogens with one attached hydrogen (secondary N) is 1. The lowest BCUT2D eigenvalue weighted by Gasteiger charge is -2.13. The molecule has 9 heteroatoms. The molecule has 2 rings (SSSR count). The zero-order chi connectivity index (χ0) is 21.4. The highest BCUT2D eigenvalue weighted by Crippen LogP contribution is 2.37. The Morgan fingerprint density at radius 1 is 1.24 bits per heavy atom. The number of hydrogen-bond acceptors (Lipinski definition) is 5. The third-order valence-corrected chi connectivity index (χ3v) is 4.51. The molecule has 0 saturated heterocycles. The predicted molar refractivity (Wildman–Crippen MR) is 115 cm³/mol. The zero-order valence-electron chi connectivity index (χ0n) is 15.2. The summed E-state index contributed by atoms with van der Waals surface area (Å²) in [5.74, 6) is -1.17. The quantitative estimate of drug-likeness (QED) is 0.386. The van der Waals surface area contributed by atoms with Crippen LogP contribution in [0.5, 0.6) is 11.5 Å². The molecule has 0 aliphatic carbocycles. The van der Waals surface area contributed by atoms with Crippen LogP contribution in [0.1, 0.15) is 12.5 Å². The van der Waals surface area contributed by atoms with Gasteiger partial charge in [0.05, 0.1) is 11.1 Å². The summed E-state index contributed by atoms with van der Waals surface area (Å²) in [5.41, 5.74) is 0.932. The first-order valence-electron chi connectivity index (χ1n) is 8.33. The highest BCUT2D eigenvalue weighted by atomic mass is 79.9. The van der Waals surface area contributed by atoms with Gasteiger partial charge in [0, 0.05) is 10.2 Å². The number of nitrogens with zero attached hydrogens (tertiary/aromatic N) is 1. The van der Waals surface area contributed by atoms with Crippen molar-refractivity contribution < 1.29 is 24.2 Å². The van der Waals surface area contributed by atoms with Crippen LogP contribution in [-0.2, 0) is 9.59 Å². The topological polar surface area (TPSA) is 109 Å². The van der Waals surface area contributed by atoms with E-state index in [9.17, 15) is 14.9 Å². The molecule has 0 radical (unpaired) electrons. The van der Waals surface area contributed by atoms with Gasteiger partial charge in [0.2, 0.25) is 0 Å². The fourth-order valence-electron chi connectivity index (χ4n) is 2.29. The van der Waals surface area contributed by atoms with E-state index in [1.54, 1.807) is 37.3 Å². The summed E-state index contributed by atoms with van der Waals surface area (Å²) in [5, 5.41) is 20.9. The normalized spacial score (nSPS) is 10.8. The van der Waals surface area contributed by atoms with Crippen LogP contribution in [0.2, 0.25) is 0 Å². The van der Waals surface area contributed by atoms with Crippen molar-refractivity contribution >= 4 is 55.5 Å². The smallest absolute Gasteiger partial charge is 0.341 e. The van der Waals surface area contributed by atoms with E-state index in [4.69, 9.17) is 14.6 Å². The number of carbonyl (C=O) groups excluding carboxylic acids is 1. The third-order valence-electron chi connectivity index (χ3n) is 3.43. The number of rotatable bonds is 8. The van der Waals surface area contributed by atoms with Crippen LogP contribution in [0.15, 0.2) is 50.9 Å². The first kappa shape index (κ1) is 22.5. The number of halogens is 2. The molecule has 0 aliphatic rings. The van der Waals surface area contributed by atoms with Gasteiger partial charge >= 0.3 is 5.97 Å². The van der Waals surface area contributed by atoms with Crippen LogP contribution in [-0.4, -0.2) is 30.2 Å². The van der Waals surface area contributed by atoms with E-state index in [1.165, 1.54) is 6.08 Å². The molecule has 0 aliphatic heterocycles. The Kier molecular flexibility index (Phi) is 8.24. The van der Waals surface area contributed by atoms with E-state index in [0.717, 1.165) is 4.47 Å². The Bertz CT molecular complexity index is 999. The minimum absolute atomic E-state index is 0.112. The number of carboxylic acids is 1. The summed E-state index contributed by atoms with van der Waals surface area (Å²) in [6.07, 6.45) is 1.40. The minimum atomic E-state index is -1.13. The van der Waals surface area contributed by atoms with Gasteiger partial charge in [-0.15, -0.1) is 0 Å². The lowest BCUT2D eigenvalue weighted by Crippen LogP contribution is -2.13. The molecule has 0 heterocycles. The van der Waals surface area contributed by atoms with Gasteiger partial charge in [-0.3, -0.25) is 4.79 Å². The average Bonchev–Trinajstić information content (AvgIpc) is 2.65. The summed E-state index contributed by atoms with van der Waals surface area (Å²) in [7, 11) is 0. The Balaban J connectivity index is 2.33. The van der Waals surface area contributed by atoms with Crippen LogP contribution in [0.4, 0.5) is 5.69 Å². The molecule has 0 aromatic heterocycles. The van der Waals surface area contributed by atoms with Gasteiger partial charge in [-0.1, -0.05) is 22.0 Å². The molecule has 0 saturated carbocycles. The molecule has 0 spiro atoms. The van der Waals surface area contributed by atoms with E-state index in [-0.39, 0.29) is 11.3 Å². The molecular formula is C20H16Br2N2O5. The van der Waals surface area contributed by atoms with Crippen molar-refractivity contribution in [2.24, 2.45) is 0 Å². The van der Waals surface area contributed by atoms with Crippen molar-refractivity contribution in [1.82, 2.24) is 0 Å². The third kappa shape index (κ3) is 6.62. The van der Waals surface area contributed by atoms with Crippen LogP contribution in [0.25, 0.3) is 6.08 Å². The molecule has 2 aromatic rings. The van der Waals surface area contributed by atoms with E-state index < -0.39 is 18.5 Å². The summed E-state index contributed by atoms with van der Waals surface area (Å²) in [4.78, 5) is 23.2. The van der Waals surface area contributed by atoms with Gasteiger partial charge in [0.1, 0.15) is 11.6 Å². The van der Waals surface area contributed by atoms with Crippen molar-refractivity contribution in [1.29, 1.82) is 5.26 Å². The number of benzene rings is 2. The molecule has 1 amide bonds. The van der Waals surface area contributed by atoms with E-state index >= 15 is 0 Å². The second-order valence-electron chi connectivity index (χ2n) is 5.58. The van der Waals surface area contributed by atoms with E-state index in [1.807, 2.05) is 12.1 Å². The summed E-state index contributed by atoms with van der Waals surface area (Å²) < 4.78 is 12.0.